The molecule has 52 heavy (non-hydrogen) atoms. The summed E-state index contributed by atoms with van der Waals surface area (Å²) in [5.74, 6) is 4.17. The number of fused-ring (bicyclic) bond motifs is 1. The van der Waals surface area contributed by atoms with Gasteiger partial charge >= 0.3 is 0 Å². The maximum Gasteiger partial charge on any atom is 0.233 e. The molecule has 3 aliphatic heterocycles. The molecule has 3 aromatic carbocycles. The van der Waals surface area contributed by atoms with Crippen molar-refractivity contribution >= 4 is 52.7 Å². The highest BCUT2D eigenvalue weighted by Crippen LogP contribution is 2.32. The van der Waals surface area contributed by atoms with Gasteiger partial charge in [-0.15, -0.1) is 0 Å². The van der Waals surface area contributed by atoms with Gasteiger partial charge in [0.15, 0.2) is 11.5 Å². The van der Waals surface area contributed by atoms with Crippen LogP contribution >= 0.6 is 11.6 Å². The van der Waals surface area contributed by atoms with Crippen LogP contribution in [0.4, 0.5) is 41.1 Å². The minimum atomic E-state index is 0.182. The van der Waals surface area contributed by atoms with Gasteiger partial charge in [-0.3, -0.25) is 0 Å². The Labute approximate surface area is 306 Å². The summed E-state index contributed by atoms with van der Waals surface area (Å²) >= 11 is 6.00. The zero-order chi connectivity index (χ0) is 35.7. The molecule has 0 unspecified atom stereocenters. The maximum absolute atomic E-state index is 6.00. The predicted molar refractivity (Wildman–Crippen MR) is 200 cm³/mol. The summed E-state index contributed by atoms with van der Waals surface area (Å²) in [4.78, 5) is 30.7. The number of hydrogen-bond acceptors (Lipinski definition) is 15. The number of hydrogen-bond donors (Lipinski definition) is 3. The molecular formula is C36H40ClN11O4. The molecular weight excluding hydrogens is 686 g/mol. The molecule has 0 amide bonds. The quantitative estimate of drug-likeness (QED) is 0.175. The SMILES string of the molecule is Cc1ccc(Nc2nc(Cl)nc(N3CCOCC3)n2)cc1.Cc1ccc(Nc2nc(NCc3ccc4c(c3)OCO4)nc(N3CCOCC3)n2)cc1. The number of ether oxygens (including phenoxy) is 4. The molecule has 0 radical (unpaired) electrons. The standard InChI is InChI=1S/C22H24N6O3.C14H16ClN5O/c1-15-2-5-17(6-3-15)24-21-25-20(26-22(27-21)28-8-10-29-11-9-28)23-13-16-4-7-18-19(12-16)31-14-30-18;1-10-2-4-11(5-3-10)16-13-17-12(15)18-14(19-13)20-6-8-21-9-7-20/h2-7,12H,8-11,13-14H2,1H3,(H2,23,24,25,26,27);2-5H,6-9H2,1H3,(H,16,17,18,19). The number of nitrogens with one attached hydrogen (secondary N) is 3. The molecule has 0 spiro atoms. The van der Waals surface area contributed by atoms with Crippen molar-refractivity contribution in [2.75, 3.05) is 85.1 Å². The van der Waals surface area contributed by atoms with Crippen LogP contribution in [0.5, 0.6) is 11.5 Å². The molecule has 0 atom stereocenters. The van der Waals surface area contributed by atoms with Crippen LogP contribution in [0.25, 0.3) is 0 Å². The Morgan fingerprint density at radius 1 is 0.596 bits per heavy atom. The second kappa shape index (κ2) is 16.7. The van der Waals surface area contributed by atoms with Crippen molar-refractivity contribution in [2.45, 2.75) is 20.4 Å². The fourth-order valence-corrected chi connectivity index (χ4v) is 5.62. The minimum Gasteiger partial charge on any atom is -0.454 e. The molecule has 15 nitrogen and oxygen atoms in total. The Bertz CT molecular complexity index is 1940. The fourth-order valence-electron chi connectivity index (χ4n) is 5.47. The zero-order valence-electron chi connectivity index (χ0n) is 29.0. The van der Waals surface area contributed by atoms with E-state index in [0.717, 1.165) is 54.6 Å². The van der Waals surface area contributed by atoms with Crippen molar-refractivity contribution in [3.8, 4) is 11.5 Å². The highest BCUT2D eigenvalue weighted by Gasteiger charge is 2.19. The smallest absolute Gasteiger partial charge is 0.233 e. The molecule has 0 bridgehead atoms. The molecule has 0 aliphatic carbocycles. The van der Waals surface area contributed by atoms with Crippen LogP contribution in [0.2, 0.25) is 5.28 Å². The van der Waals surface area contributed by atoms with Crippen LogP contribution in [-0.4, -0.2) is 89.3 Å². The van der Waals surface area contributed by atoms with Crippen LogP contribution < -0.4 is 35.2 Å². The highest BCUT2D eigenvalue weighted by atomic mass is 35.5. The highest BCUT2D eigenvalue weighted by molar-refractivity contribution is 6.28. The molecule has 2 aromatic heterocycles. The van der Waals surface area contributed by atoms with E-state index in [1.54, 1.807) is 0 Å². The van der Waals surface area contributed by atoms with E-state index in [-0.39, 0.29) is 12.1 Å². The first kappa shape index (κ1) is 34.9. The van der Waals surface area contributed by atoms with Gasteiger partial charge in [0.05, 0.1) is 26.4 Å². The number of nitrogens with zero attached hydrogens (tertiary/aromatic N) is 8. The van der Waals surface area contributed by atoms with Gasteiger partial charge in [-0.2, -0.15) is 29.9 Å². The Balaban J connectivity index is 0.000000175. The lowest BCUT2D eigenvalue weighted by Crippen LogP contribution is -2.37. The third-order valence-electron chi connectivity index (χ3n) is 8.31. The Kier molecular flexibility index (Phi) is 11.2. The number of rotatable bonds is 9. The maximum atomic E-state index is 6.00. The lowest BCUT2D eigenvalue weighted by Gasteiger charge is -2.27. The summed E-state index contributed by atoms with van der Waals surface area (Å²) in [6, 6.07) is 22.0. The number of anilines is 7. The van der Waals surface area contributed by atoms with Crippen molar-refractivity contribution in [2.24, 2.45) is 0 Å². The molecule has 5 aromatic rings. The van der Waals surface area contributed by atoms with Crippen molar-refractivity contribution < 1.29 is 18.9 Å². The van der Waals surface area contributed by atoms with Crippen LogP contribution in [0.15, 0.2) is 66.7 Å². The average molecular weight is 726 g/mol. The number of aromatic nitrogens is 6. The van der Waals surface area contributed by atoms with E-state index in [1.807, 2.05) is 78.6 Å². The molecule has 5 heterocycles. The van der Waals surface area contributed by atoms with Crippen LogP contribution in [0.3, 0.4) is 0 Å². The van der Waals surface area contributed by atoms with E-state index in [0.29, 0.717) is 62.7 Å². The molecule has 16 heteroatoms. The molecule has 270 valence electrons. The van der Waals surface area contributed by atoms with Gasteiger partial charge in [0.2, 0.25) is 41.8 Å². The van der Waals surface area contributed by atoms with Gasteiger partial charge in [-0.05, 0) is 67.4 Å². The van der Waals surface area contributed by atoms with E-state index < -0.39 is 0 Å². The van der Waals surface area contributed by atoms with Crippen molar-refractivity contribution in [3.63, 3.8) is 0 Å². The summed E-state index contributed by atoms with van der Waals surface area (Å²) in [6.45, 7) is 10.6. The van der Waals surface area contributed by atoms with Gasteiger partial charge < -0.3 is 44.7 Å². The molecule has 3 aliphatic rings. The van der Waals surface area contributed by atoms with Crippen LogP contribution in [0.1, 0.15) is 16.7 Å². The number of benzene rings is 3. The van der Waals surface area contributed by atoms with Gasteiger partial charge in [0.25, 0.3) is 0 Å². The number of halogens is 1. The Hall–Kier alpha value is -5.51. The second-order valence-electron chi connectivity index (χ2n) is 12.2. The van der Waals surface area contributed by atoms with Gasteiger partial charge in [0.1, 0.15) is 0 Å². The first-order valence-electron chi connectivity index (χ1n) is 17.1. The van der Waals surface area contributed by atoms with E-state index >= 15 is 0 Å². The molecule has 3 N–H and O–H groups in total. The van der Waals surface area contributed by atoms with Crippen molar-refractivity contribution in [3.05, 3.63) is 88.7 Å². The van der Waals surface area contributed by atoms with E-state index in [9.17, 15) is 0 Å². The van der Waals surface area contributed by atoms with Gasteiger partial charge in [0, 0.05) is 44.1 Å². The lowest BCUT2D eigenvalue weighted by atomic mass is 10.2. The molecule has 0 saturated carbocycles. The molecule has 2 fully saturated rings. The van der Waals surface area contributed by atoms with E-state index in [2.05, 4.69) is 57.7 Å². The second-order valence-corrected chi connectivity index (χ2v) is 12.6. The lowest BCUT2D eigenvalue weighted by molar-refractivity contribution is 0.122. The molecule has 8 rings (SSSR count). The average Bonchev–Trinajstić information content (AvgIpc) is 3.65. The summed E-state index contributed by atoms with van der Waals surface area (Å²) in [7, 11) is 0. The first-order chi connectivity index (χ1) is 25.4. The number of morpholine rings is 2. The van der Waals surface area contributed by atoms with Crippen LogP contribution in [0, 0.1) is 13.8 Å². The first-order valence-corrected chi connectivity index (χ1v) is 17.4. The minimum absolute atomic E-state index is 0.182. The predicted octanol–water partition coefficient (Wildman–Crippen LogP) is 5.51. The zero-order valence-corrected chi connectivity index (χ0v) is 29.8. The monoisotopic (exact) mass is 725 g/mol. The van der Waals surface area contributed by atoms with Gasteiger partial charge in [-0.1, -0.05) is 41.5 Å². The Morgan fingerprint density at radius 2 is 1.12 bits per heavy atom. The third kappa shape index (κ3) is 9.42. The summed E-state index contributed by atoms with van der Waals surface area (Å²) in [6.07, 6.45) is 0. The summed E-state index contributed by atoms with van der Waals surface area (Å²) in [5, 5.41) is 9.93. The Morgan fingerprint density at radius 3 is 1.71 bits per heavy atom. The topological polar surface area (TPSA) is 157 Å². The van der Waals surface area contributed by atoms with Crippen molar-refractivity contribution in [1.82, 2.24) is 29.9 Å². The third-order valence-corrected chi connectivity index (χ3v) is 8.48. The van der Waals surface area contributed by atoms with E-state index in [4.69, 9.17) is 30.5 Å². The summed E-state index contributed by atoms with van der Waals surface area (Å²) in [5.41, 5.74) is 5.28. The molecule has 2 saturated heterocycles. The normalized spacial score (nSPS) is 15.1. The fraction of sp³-hybridized carbons (Fsp3) is 0.333. The van der Waals surface area contributed by atoms with Gasteiger partial charge in [-0.25, -0.2) is 0 Å². The van der Waals surface area contributed by atoms with E-state index in [1.165, 1.54) is 11.1 Å². The summed E-state index contributed by atoms with van der Waals surface area (Å²) < 4.78 is 21.6. The largest absolute Gasteiger partial charge is 0.454 e. The van der Waals surface area contributed by atoms with Crippen molar-refractivity contribution in [1.29, 1.82) is 0 Å². The number of aryl methyl sites for hydroxylation is 2. The van der Waals surface area contributed by atoms with Crippen LogP contribution in [-0.2, 0) is 16.0 Å².